The Morgan fingerprint density at radius 1 is 1.33 bits per heavy atom. The van der Waals surface area contributed by atoms with Crippen molar-refractivity contribution in [3.8, 4) is 0 Å². The molecule has 0 spiro atoms. The van der Waals surface area contributed by atoms with Gasteiger partial charge in [0.15, 0.2) is 0 Å². The molecule has 0 amide bonds. The standard InChI is InChI=1S/C13H25N3O2/c1-4-5-11(17-3)13-15-12(18-16-13)7-6-10(2)8-9-14/h10-11H,4-9,14H2,1-3H3. The number of hydrogen-bond acceptors (Lipinski definition) is 5. The van der Waals surface area contributed by atoms with Gasteiger partial charge in [0.05, 0.1) is 0 Å². The van der Waals surface area contributed by atoms with Gasteiger partial charge in [-0.2, -0.15) is 4.98 Å². The van der Waals surface area contributed by atoms with Gasteiger partial charge in [0.2, 0.25) is 11.7 Å². The summed E-state index contributed by atoms with van der Waals surface area (Å²) in [4.78, 5) is 4.40. The van der Waals surface area contributed by atoms with Gasteiger partial charge in [-0.15, -0.1) is 0 Å². The lowest BCUT2D eigenvalue weighted by Gasteiger charge is -2.08. The molecule has 0 saturated heterocycles. The molecule has 0 radical (unpaired) electrons. The summed E-state index contributed by atoms with van der Waals surface area (Å²) in [5.74, 6) is 1.96. The predicted molar refractivity (Wildman–Crippen MR) is 70.1 cm³/mol. The van der Waals surface area contributed by atoms with Crippen molar-refractivity contribution in [2.45, 2.75) is 52.1 Å². The van der Waals surface area contributed by atoms with Gasteiger partial charge in [0.25, 0.3) is 0 Å². The smallest absolute Gasteiger partial charge is 0.226 e. The minimum Gasteiger partial charge on any atom is -0.373 e. The molecule has 0 bridgehead atoms. The molecule has 1 aromatic heterocycles. The van der Waals surface area contributed by atoms with E-state index in [1.807, 2.05) is 0 Å². The summed E-state index contributed by atoms with van der Waals surface area (Å²) in [5, 5.41) is 3.99. The highest BCUT2D eigenvalue weighted by molar-refractivity contribution is 4.91. The summed E-state index contributed by atoms with van der Waals surface area (Å²) in [6, 6.07) is 0. The Labute approximate surface area is 109 Å². The molecule has 5 nitrogen and oxygen atoms in total. The van der Waals surface area contributed by atoms with Crippen LogP contribution in [-0.4, -0.2) is 23.8 Å². The van der Waals surface area contributed by atoms with Crippen molar-refractivity contribution in [3.05, 3.63) is 11.7 Å². The molecule has 0 aromatic carbocycles. The third kappa shape index (κ3) is 4.74. The second-order valence-electron chi connectivity index (χ2n) is 4.78. The summed E-state index contributed by atoms with van der Waals surface area (Å²) in [5.41, 5.74) is 5.53. The van der Waals surface area contributed by atoms with E-state index in [1.54, 1.807) is 7.11 Å². The van der Waals surface area contributed by atoms with E-state index in [2.05, 4.69) is 24.0 Å². The van der Waals surface area contributed by atoms with Crippen LogP contribution in [0.5, 0.6) is 0 Å². The quantitative estimate of drug-likeness (QED) is 0.733. The predicted octanol–water partition coefficient (Wildman–Crippen LogP) is 2.47. The van der Waals surface area contributed by atoms with Crippen LogP contribution in [0.2, 0.25) is 0 Å². The van der Waals surface area contributed by atoms with Gasteiger partial charge in [0.1, 0.15) is 6.10 Å². The maximum atomic E-state index is 5.53. The first-order chi connectivity index (χ1) is 8.71. The molecular formula is C13H25N3O2. The average molecular weight is 255 g/mol. The molecule has 104 valence electrons. The molecule has 0 aliphatic rings. The van der Waals surface area contributed by atoms with Crippen molar-refractivity contribution in [2.75, 3.05) is 13.7 Å². The number of methoxy groups -OCH3 is 1. The highest BCUT2D eigenvalue weighted by atomic mass is 16.5. The molecule has 5 heteroatoms. The lowest BCUT2D eigenvalue weighted by atomic mass is 10.0. The van der Waals surface area contributed by atoms with Gasteiger partial charge in [-0.3, -0.25) is 0 Å². The highest BCUT2D eigenvalue weighted by Gasteiger charge is 2.17. The Kier molecular flexibility index (Phi) is 6.90. The third-order valence-corrected chi connectivity index (χ3v) is 3.12. The van der Waals surface area contributed by atoms with Crippen LogP contribution < -0.4 is 5.73 Å². The molecule has 0 saturated carbocycles. The van der Waals surface area contributed by atoms with E-state index < -0.39 is 0 Å². The maximum absolute atomic E-state index is 5.53. The summed E-state index contributed by atoms with van der Waals surface area (Å²) in [7, 11) is 1.68. The first kappa shape index (κ1) is 15.1. The molecule has 1 heterocycles. The Bertz CT molecular complexity index is 328. The number of nitrogens with two attached hydrogens (primary N) is 1. The average Bonchev–Trinajstić information content (AvgIpc) is 2.82. The molecule has 2 unspecified atom stereocenters. The van der Waals surface area contributed by atoms with Gasteiger partial charge < -0.3 is 15.0 Å². The first-order valence-electron chi connectivity index (χ1n) is 6.76. The van der Waals surface area contributed by atoms with Crippen molar-refractivity contribution < 1.29 is 9.26 Å². The van der Waals surface area contributed by atoms with E-state index in [4.69, 9.17) is 15.0 Å². The molecule has 0 fully saturated rings. The number of nitrogens with zero attached hydrogens (tertiary/aromatic N) is 2. The summed E-state index contributed by atoms with van der Waals surface area (Å²) in [6.45, 7) is 5.04. The largest absolute Gasteiger partial charge is 0.373 e. The van der Waals surface area contributed by atoms with Crippen LogP contribution >= 0.6 is 0 Å². The van der Waals surface area contributed by atoms with E-state index in [0.29, 0.717) is 17.6 Å². The summed E-state index contributed by atoms with van der Waals surface area (Å²) in [6.07, 6.45) is 4.79. The molecule has 1 rings (SSSR count). The fourth-order valence-corrected chi connectivity index (χ4v) is 1.91. The van der Waals surface area contributed by atoms with E-state index in [9.17, 15) is 0 Å². The zero-order valence-corrected chi connectivity index (χ0v) is 11.7. The van der Waals surface area contributed by atoms with Crippen LogP contribution in [-0.2, 0) is 11.2 Å². The molecule has 0 aliphatic carbocycles. The number of rotatable bonds is 9. The molecule has 18 heavy (non-hydrogen) atoms. The van der Waals surface area contributed by atoms with Crippen LogP contribution in [0.3, 0.4) is 0 Å². The second kappa shape index (κ2) is 8.21. The SMILES string of the molecule is CCCC(OC)c1noc(CCC(C)CCN)n1. The topological polar surface area (TPSA) is 74.2 Å². The number of hydrogen-bond donors (Lipinski definition) is 1. The van der Waals surface area contributed by atoms with E-state index in [1.165, 1.54) is 0 Å². The molecule has 2 atom stereocenters. The van der Waals surface area contributed by atoms with E-state index in [0.717, 1.165) is 38.6 Å². The van der Waals surface area contributed by atoms with Gasteiger partial charge in [0, 0.05) is 13.5 Å². The first-order valence-corrected chi connectivity index (χ1v) is 6.76. The Morgan fingerprint density at radius 2 is 2.11 bits per heavy atom. The van der Waals surface area contributed by atoms with Crippen molar-refractivity contribution >= 4 is 0 Å². The van der Waals surface area contributed by atoms with Gasteiger partial charge >= 0.3 is 0 Å². The normalized spacial score (nSPS) is 14.7. The maximum Gasteiger partial charge on any atom is 0.226 e. The molecule has 1 aromatic rings. The van der Waals surface area contributed by atoms with Gasteiger partial charge in [-0.05, 0) is 31.7 Å². The zero-order chi connectivity index (χ0) is 13.4. The van der Waals surface area contributed by atoms with Crippen LogP contribution in [0.4, 0.5) is 0 Å². The van der Waals surface area contributed by atoms with E-state index >= 15 is 0 Å². The minimum absolute atomic E-state index is 0.0473. The lowest BCUT2D eigenvalue weighted by Crippen LogP contribution is -2.07. The van der Waals surface area contributed by atoms with Crippen molar-refractivity contribution in [2.24, 2.45) is 11.7 Å². The molecule has 0 aliphatic heterocycles. The van der Waals surface area contributed by atoms with Crippen molar-refractivity contribution in [3.63, 3.8) is 0 Å². The Morgan fingerprint density at radius 3 is 2.72 bits per heavy atom. The summed E-state index contributed by atoms with van der Waals surface area (Å²) >= 11 is 0. The molecular weight excluding hydrogens is 230 g/mol. The van der Waals surface area contributed by atoms with Gasteiger partial charge in [-0.25, -0.2) is 0 Å². The Balaban J connectivity index is 2.47. The third-order valence-electron chi connectivity index (χ3n) is 3.12. The number of aromatic nitrogens is 2. The number of ether oxygens (including phenoxy) is 1. The van der Waals surface area contributed by atoms with Crippen LogP contribution in [0.15, 0.2) is 4.52 Å². The van der Waals surface area contributed by atoms with Crippen LogP contribution in [0.25, 0.3) is 0 Å². The lowest BCUT2D eigenvalue weighted by molar-refractivity contribution is 0.0854. The minimum atomic E-state index is -0.0473. The second-order valence-corrected chi connectivity index (χ2v) is 4.78. The highest BCUT2D eigenvalue weighted by Crippen LogP contribution is 2.19. The van der Waals surface area contributed by atoms with Gasteiger partial charge in [-0.1, -0.05) is 25.4 Å². The van der Waals surface area contributed by atoms with E-state index in [-0.39, 0.29) is 6.10 Å². The Hall–Kier alpha value is -0.940. The fraction of sp³-hybridized carbons (Fsp3) is 0.846. The number of aryl methyl sites for hydroxylation is 1. The van der Waals surface area contributed by atoms with Crippen LogP contribution in [0, 0.1) is 5.92 Å². The monoisotopic (exact) mass is 255 g/mol. The van der Waals surface area contributed by atoms with Crippen molar-refractivity contribution in [1.82, 2.24) is 10.1 Å². The fourth-order valence-electron chi connectivity index (χ4n) is 1.91. The zero-order valence-electron chi connectivity index (χ0n) is 11.7. The van der Waals surface area contributed by atoms with Crippen LogP contribution in [0.1, 0.15) is 57.3 Å². The van der Waals surface area contributed by atoms with Crippen molar-refractivity contribution in [1.29, 1.82) is 0 Å². The summed E-state index contributed by atoms with van der Waals surface area (Å²) < 4.78 is 10.6. The molecule has 2 N–H and O–H groups in total.